The van der Waals surface area contributed by atoms with Gasteiger partial charge in [-0.1, -0.05) is 35.9 Å². The van der Waals surface area contributed by atoms with E-state index in [9.17, 15) is 9.18 Å². The monoisotopic (exact) mass is 451 g/mol. The van der Waals surface area contributed by atoms with E-state index in [4.69, 9.17) is 11.6 Å². The number of hydrogen-bond donors (Lipinski definition) is 1. The number of benzene rings is 2. The van der Waals surface area contributed by atoms with Gasteiger partial charge in [0.25, 0.3) is 5.91 Å². The molecule has 2 aromatic heterocycles. The Labute approximate surface area is 190 Å². The highest BCUT2D eigenvalue weighted by molar-refractivity contribution is 6.31. The first kappa shape index (κ1) is 21.8. The minimum atomic E-state index is -0.393. The van der Waals surface area contributed by atoms with E-state index in [-0.39, 0.29) is 12.5 Å². The van der Waals surface area contributed by atoms with Gasteiger partial charge in [0.1, 0.15) is 5.82 Å². The van der Waals surface area contributed by atoms with Crippen LogP contribution in [0.5, 0.6) is 0 Å². The topological polar surface area (TPSA) is 64.7 Å². The summed E-state index contributed by atoms with van der Waals surface area (Å²) < 4.78 is 17.6. The Morgan fingerprint density at radius 2 is 1.69 bits per heavy atom. The van der Waals surface area contributed by atoms with Crippen LogP contribution in [-0.2, 0) is 6.54 Å². The Bertz CT molecular complexity index is 1290. The third-order valence-corrected chi connectivity index (χ3v) is 5.86. The lowest BCUT2D eigenvalue weighted by Crippen LogP contribution is -2.15. The van der Waals surface area contributed by atoms with Crippen molar-refractivity contribution >= 4 is 23.2 Å². The summed E-state index contributed by atoms with van der Waals surface area (Å²) in [5.41, 5.74) is 5.06. The molecule has 0 spiro atoms. The number of carbonyl (C=O) groups excluding carboxylic acids is 1. The van der Waals surface area contributed by atoms with Crippen LogP contribution in [0.25, 0.3) is 5.69 Å². The van der Waals surface area contributed by atoms with Crippen molar-refractivity contribution in [3.05, 3.63) is 93.3 Å². The summed E-state index contributed by atoms with van der Waals surface area (Å²) in [6.45, 7) is 7.47. The fraction of sp³-hybridized carbons (Fsp3) is 0.208. The van der Waals surface area contributed by atoms with Crippen molar-refractivity contribution in [2.45, 2.75) is 34.2 Å². The average Bonchev–Trinajstić information content (AvgIpc) is 3.21. The third-order valence-electron chi connectivity index (χ3n) is 5.51. The van der Waals surface area contributed by atoms with E-state index in [1.165, 1.54) is 6.07 Å². The molecule has 6 nitrogen and oxygen atoms in total. The molecule has 164 valence electrons. The van der Waals surface area contributed by atoms with Gasteiger partial charge in [0.05, 0.1) is 46.3 Å². The van der Waals surface area contributed by atoms with Gasteiger partial charge < -0.3 is 5.32 Å². The molecule has 1 amide bonds. The first-order chi connectivity index (χ1) is 15.3. The van der Waals surface area contributed by atoms with E-state index in [0.717, 1.165) is 11.4 Å². The van der Waals surface area contributed by atoms with E-state index >= 15 is 0 Å². The molecule has 1 N–H and O–H groups in total. The highest BCUT2D eigenvalue weighted by Gasteiger charge is 2.22. The third kappa shape index (κ3) is 3.91. The molecule has 0 unspecified atom stereocenters. The molecule has 0 saturated carbocycles. The van der Waals surface area contributed by atoms with Crippen molar-refractivity contribution in [3.63, 3.8) is 0 Å². The van der Waals surface area contributed by atoms with Gasteiger partial charge in [0, 0.05) is 10.6 Å². The van der Waals surface area contributed by atoms with Crippen LogP contribution in [0, 0.1) is 33.5 Å². The predicted octanol–water partition coefficient (Wildman–Crippen LogP) is 5.40. The van der Waals surface area contributed by atoms with Crippen LogP contribution in [-0.4, -0.2) is 25.5 Å². The Morgan fingerprint density at radius 1 is 0.969 bits per heavy atom. The summed E-state index contributed by atoms with van der Waals surface area (Å²) in [6.07, 6.45) is 0. The fourth-order valence-electron chi connectivity index (χ4n) is 3.83. The molecule has 4 aromatic rings. The van der Waals surface area contributed by atoms with E-state index < -0.39 is 5.82 Å². The van der Waals surface area contributed by atoms with Crippen molar-refractivity contribution in [2.75, 3.05) is 5.32 Å². The Hall–Kier alpha value is -3.45. The van der Waals surface area contributed by atoms with Crippen LogP contribution in [0.4, 0.5) is 10.1 Å². The zero-order chi connectivity index (χ0) is 23.0. The number of halogens is 2. The van der Waals surface area contributed by atoms with Crippen molar-refractivity contribution in [1.29, 1.82) is 0 Å². The standard InChI is InChI=1S/C24H23ClFN5O/c1-14-22(16(3)31(29-14)18-9-6-5-7-10-18)24(32)27-23-15(2)28-30(17(23)4)13-19-20(25)11-8-12-21(19)26/h5-12H,13H2,1-4H3,(H,27,32). The molecule has 0 aliphatic heterocycles. The maximum absolute atomic E-state index is 14.2. The second-order valence-corrected chi connectivity index (χ2v) is 8.06. The summed E-state index contributed by atoms with van der Waals surface area (Å²) in [6, 6.07) is 14.2. The number of hydrogen-bond acceptors (Lipinski definition) is 3. The lowest BCUT2D eigenvalue weighted by molar-refractivity contribution is 0.102. The smallest absolute Gasteiger partial charge is 0.259 e. The van der Waals surface area contributed by atoms with Crippen molar-refractivity contribution in [3.8, 4) is 5.69 Å². The summed E-state index contributed by atoms with van der Waals surface area (Å²) in [5.74, 6) is -0.660. The van der Waals surface area contributed by atoms with Crippen molar-refractivity contribution in [1.82, 2.24) is 19.6 Å². The summed E-state index contributed by atoms with van der Waals surface area (Å²) in [5, 5.41) is 12.3. The summed E-state index contributed by atoms with van der Waals surface area (Å²) >= 11 is 6.17. The average molecular weight is 452 g/mol. The van der Waals surface area contributed by atoms with Gasteiger partial charge in [-0.2, -0.15) is 10.2 Å². The summed E-state index contributed by atoms with van der Waals surface area (Å²) in [4.78, 5) is 13.2. The molecular weight excluding hydrogens is 429 g/mol. The Balaban J connectivity index is 1.63. The van der Waals surface area contributed by atoms with Gasteiger partial charge in [-0.05, 0) is 52.0 Å². The number of aromatic nitrogens is 4. The molecule has 2 heterocycles. The van der Waals surface area contributed by atoms with Gasteiger partial charge in [-0.3, -0.25) is 9.48 Å². The first-order valence-corrected chi connectivity index (χ1v) is 10.6. The van der Waals surface area contributed by atoms with E-state index in [1.54, 1.807) is 28.4 Å². The number of para-hydroxylation sites is 1. The predicted molar refractivity (Wildman–Crippen MR) is 123 cm³/mol. The molecule has 4 rings (SSSR count). The number of rotatable bonds is 5. The van der Waals surface area contributed by atoms with Crippen molar-refractivity contribution < 1.29 is 9.18 Å². The first-order valence-electron chi connectivity index (χ1n) is 10.2. The summed E-state index contributed by atoms with van der Waals surface area (Å²) in [7, 11) is 0. The zero-order valence-corrected chi connectivity index (χ0v) is 19.0. The van der Waals surface area contributed by atoms with Crippen LogP contribution in [0.15, 0.2) is 48.5 Å². The lowest BCUT2D eigenvalue weighted by Gasteiger charge is -2.09. The normalized spacial score (nSPS) is 11.1. The number of aryl methyl sites for hydroxylation is 2. The molecule has 0 radical (unpaired) electrons. The Kier molecular flexibility index (Phi) is 5.84. The minimum Gasteiger partial charge on any atom is -0.319 e. The number of nitrogens with one attached hydrogen (secondary N) is 1. The lowest BCUT2D eigenvalue weighted by atomic mass is 10.1. The maximum Gasteiger partial charge on any atom is 0.259 e. The van der Waals surface area contributed by atoms with Crippen LogP contribution in [0.2, 0.25) is 5.02 Å². The van der Waals surface area contributed by atoms with Gasteiger partial charge in [0.15, 0.2) is 0 Å². The number of anilines is 1. The highest BCUT2D eigenvalue weighted by atomic mass is 35.5. The second-order valence-electron chi connectivity index (χ2n) is 7.65. The molecule has 0 fully saturated rings. The number of carbonyl (C=O) groups is 1. The van der Waals surface area contributed by atoms with E-state index in [1.807, 2.05) is 51.1 Å². The van der Waals surface area contributed by atoms with Crippen molar-refractivity contribution in [2.24, 2.45) is 0 Å². The van der Waals surface area contributed by atoms with E-state index in [2.05, 4.69) is 15.5 Å². The molecule has 32 heavy (non-hydrogen) atoms. The fourth-order valence-corrected chi connectivity index (χ4v) is 4.06. The zero-order valence-electron chi connectivity index (χ0n) is 18.3. The number of nitrogens with zero attached hydrogens (tertiary/aromatic N) is 4. The maximum atomic E-state index is 14.2. The molecule has 0 saturated heterocycles. The molecule has 2 aromatic carbocycles. The Morgan fingerprint density at radius 3 is 2.38 bits per heavy atom. The largest absolute Gasteiger partial charge is 0.319 e. The molecule has 0 aliphatic carbocycles. The molecular formula is C24H23ClFN5O. The van der Waals surface area contributed by atoms with Crippen LogP contribution in [0.3, 0.4) is 0 Å². The highest BCUT2D eigenvalue weighted by Crippen LogP contribution is 2.26. The SMILES string of the molecule is Cc1nn(Cc2c(F)cccc2Cl)c(C)c1NC(=O)c1c(C)nn(-c2ccccc2)c1C. The van der Waals surface area contributed by atoms with E-state index in [0.29, 0.717) is 38.9 Å². The quantitative estimate of drug-likeness (QED) is 0.442. The van der Waals surface area contributed by atoms with Gasteiger partial charge in [-0.15, -0.1) is 0 Å². The van der Waals surface area contributed by atoms with Crippen LogP contribution >= 0.6 is 11.6 Å². The van der Waals surface area contributed by atoms with Gasteiger partial charge in [0.2, 0.25) is 0 Å². The van der Waals surface area contributed by atoms with Crippen LogP contribution in [0.1, 0.15) is 38.7 Å². The van der Waals surface area contributed by atoms with Gasteiger partial charge in [-0.25, -0.2) is 9.07 Å². The molecule has 8 heteroatoms. The molecule has 0 atom stereocenters. The second kappa shape index (κ2) is 8.59. The molecule has 0 bridgehead atoms. The molecule has 0 aliphatic rings. The van der Waals surface area contributed by atoms with Gasteiger partial charge >= 0.3 is 0 Å². The van der Waals surface area contributed by atoms with Crippen LogP contribution < -0.4 is 5.32 Å². The number of amides is 1. The minimum absolute atomic E-state index is 0.165.